The Hall–Kier alpha value is -2.69. The van der Waals surface area contributed by atoms with Gasteiger partial charge in [0.25, 0.3) is 0 Å². The van der Waals surface area contributed by atoms with E-state index in [0.717, 1.165) is 36.1 Å². The lowest BCUT2D eigenvalue weighted by molar-refractivity contribution is -0.139. The molecule has 1 unspecified atom stereocenters. The number of hydrogen-bond donors (Lipinski definition) is 1. The summed E-state index contributed by atoms with van der Waals surface area (Å²) in [5.41, 5.74) is 0.334. The van der Waals surface area contributed by atoms with Gasteiger partial charge in [0.2, 0.25) is 11.8 Å². The molecule has 196 valence electrons. The molecular formula is C25H32ClFN4O4S. The molecule has 1 aliphatic carbocycles. The Bertz CT molecular complexity index is 1190. The molecule has 0 saturated heterocycles. The SMILES string of the molecule is CC(C(=O)NC1CCCC1)N(Cc1ccccc1Cl)C(=O)CN(c1ccccc1F)S(=O)(=O)N(C)C. The Labute approximate surface area is 217 Å². The molecule has 11 heteroatoms. The largest absolute Gasteiger partial charge is 0.352 e. The van der Waals surface area contributed by atoms with Gasteiger partial charge in [-0.05, 0) is 43.5 Å². The van der Waals surface area contributed by atoms with Crippen molar-refractivity contribution in [2.75, 3.05) is 24.9 Å². The fraction of sp³-hybridized carbons (Fsp3) is 0.440. The van der Waals surface area contributed by atoms with Crippen LogP contribution in [0.4, 0.5) is 10.1 Å². The third-order valence-corrected chi connectivity index (χ3v) is 8.48. The second-order valence-electron chi connectivity index (χ2n) is 9.03. The average Bonchev–Trinajstić information content (AvgIpc) is 3.35. The summed E-state index contributed by atoms with van der Waals surface area (Å²) in [7, 11) is -1.64. The molecule has 0 aliphatic heterocycles. The predicted octanol–water partition coefficient (Wildman–Crippen LogP) is 3.57. The normalized spacial score (nSPS) is 15.1. The lowest BCUT2D eigenvalue weighted by Gasteiger charge is -2.33. The minimum Gasteiger partial charge on any atom is -0.352 e. The second-order valence-corrected chi connectivity index (χ2v) is 11.5. The number of halogens is 2. The van der Waals surface area contributed by atoms with Crippen LogP contribution in [0.5, 0.6) is 0 Å². The van der Waals surface area contributed by atoms with Crippen molar-refractivity contribution < 1.29 is 22.4 Å². The summed E-state index contributed by atoms with van der Waals surface area (Å²) in [6, 6.07) is 11.4. The van der Waals surface area contributed by atoms with E-state index in [9.17, 15) is 22.4 Å². The summed E-state index contributed by atoms with van der Waals surface area (Å²) < 4.78 is 42.5. The molecule has 0 radical (unpaired) electrons. The fourth-order valence-corrected chi connectivity index (χ4v) is 5.40. The highest BCUT2D eigenvalue weighted by atomic mass is 35.5. The zero-order chi connectivity index (χ0) is 26.5. The molecule has 1 N–H and O–H groups in total. The first-order valence-electron chi connectivity index (χ1n) is 11.8. The lowest BCUT2D eigenvalue weighted by atomic mass is 10.1. The molecule has 2 aromatic rings. The maximum atomic E-state index is 14.7. The van der Waals surface area contributed by atoms with Crippen LogP contribution >= 0.6 is 11.6 Å². The number of carbonyl (C=O) groups excluding carboxylic acids is 2. The van der Waals surface area contributed by atoms with Gasteiger partial charge < -0.3 is 10.2 Å². The van der Waals surface area contributed by atoms with Gasteiger partial charge in [-0.2, -0.15) is 12.7 Å². The number of benzene rings is 2. The zero-order valence-corrected chi connectivity index (χ0v) is 22.2. The van der Waals surface area contributed by atoms with E-state index in [4.69, 9.17) is 11.6 Å². The van der Waals surface area contributed by atoms with Crippen molar-refractivity contribution >= 4 is 39.3 Å². The van der Waals surface area contributed by atoms with Crippen molar-refractivity contribution in [3.05, 3.63) is 64.9 Å². The van der Waals surface area contributed by atoms with Gasteiger partial charge in [-0.3, -0.25) is 9.59 Å². The van der Waals surface area contributed by atoms with Crippen molar-refractivity contribution in [2.24, 2.45) is 0 Å². The summed E-state index contributed by atoms with van der Waals surface area (Å²) in [6.45, 7) is 0.866. The molecule has 36 heavy (non-hydrogen) atoms. The summed E-state index contributed by atoms with van der Waals surface area (Å²) in [6.07, 6.45) is 3.81. The summed E-state index contributed by atoms with van der Waals surface area (Å²) in [5.74, 6) is -1.80. The van der Waals surface area contributed by atoms with Crippen LogP contribution in [0, 0.1) is 5.82 Å². The molecule has 1 fully saturated rings. The number of amides is 2. The van der Waals surface area contributed by atoms with E-state index in [1.807, 2.05) is 0 Å². The van der Waals surface area contributed by atoms with Crippen LogP contribution in [0.1, 0.15) is 38.2 Å². The predicted molar refractivity (Wildman–Crippen MR) is 138 cm³/mol. The van der Waals surface area contributed by atoms with Gasteiger partial charge in [0, 0.05) is 31.7 Å². The highest BCUT2D eigenvalue weighted by molar-refractivity contribution is 7.90. The van der Waals surface area contributed by atoms with E-state index < -0.39 is 34.5 Å². The van der Waals surface area contributed by atoms with Crippen LogP contribution in [0.15, 0.2) is 48.5 Å². The zero-order valence-electron chi connectivity index (χ0n) is 20.7. The molecule has 0 bridgehead atoms. The van der Waals surface area contributed by atoms with Gasteiger partial charge in [0.05, 0.1) is 5.69 Å². The topological polar surface area (TPSA) is 90.0 Å². The first-order valence-corrected chi connectivity index (χ1v) is 13.6. The van der Waals surface area contributed by atoms with Gasteiger partial charge in [0.1, 0.15) is 18.4 Å². The standard InChI is InChI=1S/C25H32ClFN4O4S/c1-18(25(33)28-20-11-5-6-12-20)30(16-19-10-4-7-13-21(19)26)24(32)17-31(36(34,35)29(2)3)23-15-9-8-14-22(23)27/h4,7-10,13-15,18,20H,5-6,11-12,16-17H2,1-3H3,(H,28,33). The van der Waals surface area contributed by atoms with Gasteiger partial charge in [-0.15, -0.1) is 0 Å². The molecule has 2 amide bonds. The van der Waals surface area contributed by atoms with Gasteiger partial charge >= 0.3 is 10.2 Å². The van der Waals surface area contributed by atoms with Crippen molar-refractivity contribution in [3.63, 3.8) is 0 Å². The van der Waals surface area contributed by atoms with Gasteiger partial charge in [-0.1, -0.05) is 54.8 Å². The van der Waals surface area contributed by atoms with E-state index >= 15 is 0 Å². The van der Waals surface area contributed by atoms with E-state index in [0.29, 0.717) is 14.9 Å². The molecule has 1 saturated carbocycles. The van der Waals surface area contributed by atoms with Crippen LogP contribution in [0.2, 0.25) is 5.02 Å². The fourth-order valence-electron chi connectivity index (χ4n) is 4.14. The van der Waals surface area contributed by atoms with E-state index in [1.165, 1.54) is 37.2 Å². The molecule has 3 rings (SSSR count). The molecule has 0 heterocycles. The third kappa shape index (κ3) is 6.54. The number of nitrogens with one attached hydrogen (secondary N) is 1. The van der Waals surface area contributed by atoms with Crippen LogP contribution in [-0.4, -0.2) is 62.2 Å². The number of hydrogen-bond acceptors (Lipinski definition) is 4. The molecule has 1 aliphatic rings. The second kappa shape index (κ2) is 12.0. The van der Waals surface area contributed by atoms with Crippen LogP contribution < -0.4 is 9.62 Å². The maximum absolute atomic E-state index is 14.7. The smallest absolute Gasteiger partial charge is 0.304 e. The first-order chi connectivity index (χ1) is 17.0. The van der Waals surface area contributed by atoms with Crippen LogP contribution in [0.25, 0.3) is 0 Å². The molecule has 2 aromatic carbocycles. The minimum atomic E-state index is -4.24. The van der Waals surface area contributed by atoms with E-state index in [2.05, 4.69) is 5.32 Å². The van der Waals surface area contributed by atoms with E-state index in [-0.39, 0.29) is 24.2 Å². The minimum absolute atomic E-state index is 0.0229. The number of carbonyl (C=O) groups is 2. The Morgan fingerprint density at radius 2 is 1.69 bits per heavy atom. The molecular weight excluding hydrogens is 507 g/mol. The lowest BCUT2D eigenvalue weighted by Crippen LogP contribution is -2.53. The third-order valence-electron chi connectivity index (χ3n) is 6.31. The Morgan fingerprint density at radius 3 is 2.31 bits per heavy atom. The maximum Gasteiger partial charge on any atom is 0.304 e. The summed E-state index contributed by atoms with van der Waals surface area (Å²) in [4.78, 5) is 28.0. The number of anilines is 1. The molecule has 8 nitrogen and oxygen atoms in total. The van der Waals surface area contributed by atoms with Crippen molar-refractivity contribution in [2.45, 2.75) is 51.2 Å². The van der Waals surface area contributed by atoms with Crippen molar-refractivity contribution in [3.8, 4) is 0 Å². The number of rotatable bonds is 10. The Balaban J connectivity index is 1.95. The highest BCUT2D eigenvalue weighted by Gasteiger charge is 2.34. The Morgan fingerprint density at radius 1 is 1.08 bits per heavy atom. The Kier molecular flexibility index (Phi) is 9.32. The number of nitrogens with zero attached hydrogens (tertiary/aromatic N) is 3. The molecule has 0 aromatic heterocycles. The number of para-hydroxylation sites is 1. The summed E-state index contributed by atoms with van der Waals surface area (Å²) >= 11 is 6.33. The van der Waals surface area contributed by atoms with Crippen molar-refractivity contribution in [1.29, 1.82) is 0 Å². The average molecular weight is 539 g/mol. The quantitative estimate of drug-likeness (QED) is 0.501. The van der Waals surface area contributed by atoms with Crippen molar-refractivity contribution in [1.82, 2.24) is 14.5 Å². The highest BCUT2D eigenvalue weighted by Crippen LogP contribution is 2.25. The van der Waals surface area contributed by atoms with E-state index in [1.54, 1.807) is 31.2 Å². The summed E-state index contributed by atoms with van der Waals surface area (Å²) in [5, 5.41) is 3.40. The van der Waals surface area contributed by atoms with Gasteiger partial charge in [0.15, 0.2) is 0 Å². The molecule has 1 atom stereocenters. The molecule has 0 spiro atoms. The van der Waals surface area contributed by atoms with Crippen LogP contribution in [0.3, 0.4) is 0 Å². The van der Waals surface area contributed by atoms with Crippen LogP contribution in [-0.2, 0) is 26.3 Å². The monoisotopic (exact) mass is 538 g/mol. The first kappa shape index (κ1) is 27.9. The van der Waals surface area contributed by atoms with Gasteiger partial charge in [-0.25, -0.2) is 8.70 Å².